The van der Waals surface area contributed by atoms with Crippen LogP contribution in [0.5, 0.6) is 5.75 Å². The Morgan fingerprint density at radius 3 is 2.41 bits per heavy atom. The number of methoxy groups -OCH3 is 1. The van der Waals surface area contributed by atoms with Crippen LogP contribution < -0.4 is 20.1 Å². The van der Waals surface area contributed by atoms with Gasteiger partial charge in [0, 0.05) is 12.6 Å². The lowest BCUT2D eigenvalue weighted by Crippen LogP contribution is -2.13. The molecule has 9 nitrogen and oxygen atoms in total. The van der Waals surface area contributed by atoms with Crippen LogP contribution in [0.15, 0.2) is 47.4 Å². The molecule has 168 valence electrons. The van der Waals surface area contributed by atoms with Crippen molar-refractivity contribution in [3.05, 3.63) is 58.9 Å². The number of thiazole rings is 1. The largest absolute Gasteiger partial charge is 0.495 e. The van der Waals surface area contributed by atoms with Gasteiger partial charge in [-0.25, -0.2) is 17.8 Å². The van der Waals surface area contributed by atoms with Gasteiger partial charge < -0.3 is 15.4 Å². The third kappa shape index (κ3) is 5.39. The van der Waals surface area contributed by atoms with Gasteiger partial charge in [-0.3, -0.25) is 14.3 Å². The normalized spacial score (nSPS) is 11.0. The molecular formula is C20H19FN4O5S2. The van der Waals surface area contributed by atoms with Gasteiger partial charge in [0.05, 0.1) is 23.4 Å². The summed E-state index contributed by atoms with van der Waals surface area (Å²) in [6.45, 7) is 2.92. The maximum atomic E-state index is 13.1. The molecule has 1 heterocycles. The van der Waals surface area contributed by atoms with Crippen molar-refractivity contribution in [2.24, 2.45) is 0 Å². The van der Waals surface area contributed by atoms with Gasteiger partial charge in [0.15, 0.2) is 5.13 Å². The number of aromatic nitrogens is 1. The summed E-state index contributed by atoms with van der Waals surface area (Å²) in [6, 6.07) is 9.05. The first-order valence-electron chi connectivity index (χ1n) is 9.12. The molecule has 2 amide bonds. The lowest BCUT2D eigenvalue weighted by molar-refractivity contribution is -0.114. The van der Waals surface area contributed by atoms with Crippen molar-refractivity contribution < 1.29 is 27.1 Å². The second-order valence-electron chi connectivity index (χ2n) is 6.54. The van der Waals surface area contributed by atoms with Crippen LogP contribution in [0, 0.1) is 12.7 Å². The van der Waals surface area contributed by atoms with Gasteiger partial charge in [-0.2, -0.15) is 0 Å². The van der Waals surface area contributed by atoms with Crippen LogP contribution in [0.1, 0.15) is 22.3 Å². The first-order valence-corrected chi connectivity index (χ1v) is 11.4. The molecule has 0 saturated heterocycles. The highest BCUT2D eigenvalue weighted by molar-refractivity contribution is 7.93. The Bertz CT molecular complexity index is 1270. The minimum Gasteiger partial charge on any atom is -0.495 e. The number of aryl methyl sites for hydroxylation is 1. The van der Waals surface area contributed by atoms with Crippen LogP contribution in [-0.2, 0) is 14.8 Å². The maximum absolute atomic E-state index is 13.1. The van der Waals surface area contributed by atoms with E-state index >= 15 is 0 Å². The summed E-state index contributed by atoms with van der Waals surface area (Å²) in [5.41, 5.74) is 1.08. The number of ether oxygens (including phenoxy) is 1. The molecule has 0 aliphatic carbocycles. The molecule has 0 radical (unpaired) electrons. The third-order valence-electron chi connectivity index (χ3n) is 4.12. The minimum atomic E-state index is -4.01. The number of sulfonamides is 1. The van der Waals surface area contributed by atoms with Gasteiger partial charge in [0.2, 0.25) is 5.91 Å². The van der Waals surface area contributed by atoms with E-state index in [-0.39, 0.29) is 20.8 Å². The highest BCUT2D eigenvalue weighted by Gasteiger charge is 2.21. The van der Waals surface area contributed by atoms with Crippen LogP contribution >= 0.6 is 11.3 Å². The van der Waals surface area contributed by atoms with Gasteiger partial charge in [0.25, 0.3) is 15.9 Å². The van der Waals surface area contributed by atoms with Crippen LogP contribution in [0.4, 0.5) is 20.9 Å². The van der Waals surface area contributed by atoms with Gasteiger partial charge in [0.1, 0.15) is 16.4 Å². The second kappa shape index (κ2) is 9.32. The van der Waals surface area contributed by atoms with Crippen LogP contribution in [-0.4, -0.2) is 32.3 Å². The molecular weight excluding hydrogens is 459 g/mol. The van der Waals surface area contributed by atoms with E-state index in [0.717, 1.165) is 35.6 Å². The molecule has 0 saturated carbocycles. The van der Waals surface area contributed by atoms with Crippen molar-refractivity contribution in [2.75, 3.05) is 22.5 Å². The number of hydrogen-bond acceptors (Lipinski definition) is 7. The maximum Gasteiger partial charge on any atom is 0.267 e. The molecule has 2 aromatic carbocycles. The molecule has 0 aliphatic heterocycles. The number of carbonyl (C=O) groups excluding carboxylic acids is 2. The van der Waals surface area contributed by atoms with Crippen molar-refractivity contribution in [3.8, 4) is 5.75 Å². The van der Waals surface area contributed by atoms with E-state index in [9.17, 15) is 22.4 Å². The summed E-state index contributed by atoms with van der Waals surface area (Å²) >= 11 is 0.842. The van der Waals surface area contributed by atoms with Crippen molar-refractivity contribution in [3.63, 3.8) is 0 Å². The predicted molar refractivity (Wildman–Crippen MR) is 119 cm³/mol. The first-order chi connectivity index (χ1) is 15.1. The number of carbonyl (C=O) groups is 2. The zero-order valence-electron chi connectivity index (χ0n) is 17.2. The Labute approximate surface area is 187 Å². The molecule has 32 heavy (non-hydrogen) atoms. The quantitative estimate of drug-likeness (QED) is 0.476. The fourth-order valence-corrected chi connectivity index (χ4v) is 4.80. The Morgan fingerprint density at radius 2 is 1.78 bits per heavy atom. The van der Waals surface area contributed by atoms with Crippen molar-refractivity contribution in [2.45, 2.75) is 18.7 Å². The monoisotopic (exact) mass is 478 g/mol. The topological polar surface area (TPSA) is 126 Å². The molecule has 0 unspecified atom stereocenters. The van der Waals surface area contributed by atoms with Crippen LogP contribution in [0.2, 0.25) is 0 Å². The Kier molecular flexibility index (Phi) is 6.75. The van der Waals surface area contributed by atoms with Gasteiger partial charge in [-0.1, -0.05) is 11.3 Å². The zero-order chi connectivity index (χ0) is 23.5. The molecule has 0 aliphatic rings. The Hall–Kier alpha value is -3.51. The molecule has 3 rings (SSSR count). The number of hydrogen-bond donors (Lipinski definition) is 3. The summed E-state index contributed by atoms with van der Waals surface area (Å²) in [6.07, 6.45) is 0. The van der Waals surface area contributed by atoms with E-state index in [1.807, 2.05) is 0 Å². The molecule has 0 bridgehead atoms. The summed E-state index contributed by atoms with van der Waals surface area (Å²) in [4.78, 5) is 28.3. The van der Waals surface area contributed by atoms with Crippen LogP contribution in [0.3, 0.4) is 0 Å². The van der Waals surface area contributed by atoms with E-state index in [1.54, 1.807) is 19.1 Å². The van der Waals surface area contributed by atoms with E-state index < -0.39 is 21.7 Å². The smallest absolute Gasteiger partial charge is 0.267 e. The van der Waals surface area contributed by atoms with Crippen molar-refractivity contribution in [1.29, 1.82) is 0 Å². The number of nitrogens with one attached hydrogen (secondary N) is 3. The van der Waals surface area contributed by atoms with E-state index in [1.165, 1.54) is 20.1 Å². The molecule has 3 aromatic rings. The predicted octanol–water partition coefficient (Wildman–Crippen LogP) is 3.61. The standard InChI is InChI=1S/C20H19FN4O5S2/c1-11-18(19(27)24-16-10-14(23-12(2)26)6-9-17(16)30-3)31-20(22-11)25-32(28,29)15-7-4-13(21)5-8-15/h4-10H,1-3H3,(H,22,25)(H,23,26)(H,24,27). The number of amides is 2. The van der Waals surface area contributed by atoms with Crippen LogP contribution in [0.25, 0.3) is 0 Å². The fraction of sp³-hybridized carbons (Fsp3) is 0.150. The highest BCUT2D eigenvalue weighted by Crippen LogP contribution is 2.30. The summed E-state index contributed by atoms with van der Waals surface area (Å²) < 4.78 is 45.6. The molecule has 3 N–H and O–H groups in total. The Morgan fingerprint density at radius 1 is 1.09 bits per heavy atom. The van der Waals surface area contributed by atoms with Gasteiger partial charge in [-0.15, -0.1) is 0 Å². The lowest BCUT2D eigenvalue weighted by atomic mass is 10.2. The Balaban J connectivity index is 1.82. The molecule has 0 fully saturated rings. The average molecular weight is 479 g/mol. The summed E-state index contributed by atoms with van der Waals surface area (Å²) in [5, 5.41) is 5.28. The minimum absolute atomic E-state index is 0.0177. The number of benzene rings is 2. The van der Waals surface area contributed by atoms with Gasteiger partial charge in [-0.05, 0) is 49.4 Å². The SMILES string of the molecule is COc1ccc(NC(C)=O)cc1NC(=O)c1sc(NS(=O)(=O)c2ccc(F)cc2)nc1C. The number of nitrogens with zero attached hydrogens (tertiary/aromatic N) is 1. The molecule has 0 atom stereocenters. The molecule has 1 aromatic heterocycles. The number of anilines is 3. The lowest BCUT2D eigenvalue weighted by Gasteiger charge is -2.12. The second-order valence-corrected chi connectivity index (χ2v) is 9.22. The zero-order valence-corrected chi connectivity index (χ0v) is 18.9. The number of rotatable bonds is 7. The highest BCUT2D eigenvalue weighted by atomic mass is 32.2. The number of halogens is 1. The first kappa shape index (κ1) is 23.2. The fourth-order valence-electron chi connectivity index (χ4n) is 2.70. The van der Waals surface area contributed by atoms with E-state index in [0.29, 0.717) is 22.8 Å². The summed E-state index contributed by atoms with van der Waals surface area (Å²) in [7, 11) is -2.57. The third-order valence-corrected chi connectivity index (χ3v) is 6.67. The van der Waals surface area contributed by atoms with E-state index in [2.05, 4.69) is 20.3 Å². The molecule has 0 spiro atoms. The average Bonchev–Trinajstić information content (AvgIpc) is 3.07. The van der Waals surface area contributed by atoms with Crippen molar-refractivity contribution >= 4 is 49.7 Å². The van der Waals surface area contributed by atoms with Crippen molar-refractivity contribution in [1.82, 2.24) is 4.98 Å². The molecule has 12 heteroatoms. The van der Waals surface area contributed by atoms with Gasteiger partial charge >= 0.3 is 0 Å². The summed E-state index contributed by atoms with van der Waals surface area (Å²) in [5.74, 6) is -1.01. The van der Waals surface area contributed by atoms with E-state index in [4.69, 9.17) is 4.74 Å².